The van der Waals surface area contributed by atoms with Gasteiger partial charge >= 0.3 is 6.18 Å². The first-order valence-corrected chi connectivity index (χ1v) is 5.76. The van der Waals surface area contributed by atoms with Crippen molar-refractivity contribution >= 4 is 11.5 Å². The van der Waals surface area contributed by atoms with E-state index in [4.69, 9.17) is 10.9 Å². The lowest BCUT2D eigenvalue weighted by molar-refractivity contribution is -0.137. The van der Waals surface area contributed by atoms with Crippen molar-refractivity contribution in [1.82, 2.24) is 0 Å². The quantitative estimate of drug-likeness (QED) is 0.385. The molecule has 0 amide bonds. The summed E-state index contributed by atoms with van der Waals surface area (Å²) in [4.78, 5) is 1.85. The second-order valence-electron chi connectivity index (χ2n) is 4.56. The molecule has 0 aliphatic heterocycles. The van der Waals surface area contributed by atoms with Crippen molar-refractivity contribution in [3.05, 3.63) is 29.3 Å². The molecule has 3 N–H and O–H groups in total. The maximum Gasteiger partial charge on any atom is 0.416 e. The molecule has 0 atom stereocenters. The molecule has 0 heterocycles. The zero-order valence-corrected chi connectivity index (χ0v) is 10.3. The van der Waals surface area contributed by atoms with E-state index in [0.29, 0.717) is 11.7 Å². The summed E-state index contributed by atoms with van der Waals surface area (Å²) in [5, 5.41) is 11.5. The van der Waals surface area contributed by atoms with Gasteiger partial charge in [-0.3, -0.25) is 0 Å². The summed E-state index contributed by atoms with van der Waals surface area (Å²) in [6, 6.07) is 3.57. The minimum atomic E-state index is -4.46. The molecule has 1 fully saturated rings. The largest absolute Gasteiger partial charge is 0.416 e. The molecule has 0 unspecified atom stereocenters. The molecular formula is C12H14F3N3O. The Bertz CT molecular complexity index is 509. The van der Waals surface area contributed by atoms with Crippen LogP contribution in [0.15, 0.2) is 23.4 Å². The molecule has 7 heteroatoms. The van der Waals surface area contributed by atoms with Crippen LogP contribution in [0.25, 0.3) is 0 Å². The summed E-state index contributed by atoms with van der Waals surface area (Å²) in [6.07, 6.45) is -2.47. The standard InChI is InChI=1S/C12H14F3N3O/c1-18(8-3-4-8)10-5-2-7(12(13,14)15)6-9(10)11(16)17-19/h2,5-6,8,19H,3-4H2,1H3,(H2,16,17). The first-order chi connectivity index (χ1) is 8.84. The number of rotatable bonds is 3. The van der Waals surface area contributed by atoms with Crippen LogP contribution in [0.4, 0.5) is 18.9 Å². The highest BCUT2D eigenvalue weighted by Crippen LogP contribution is 2.36. The highest BCUT2D eigenvalue weighted by molar-refractivity contribution is 6.02. The summed E-state index contributed by atoms with van der Waals surface area (Å²) in [5.74, 6) is -0.325. The van der Waals surface area contributed by atoms with Gasteiger partial charge in [-0.05, 0) is 31.0 Å². The van der Waals surface area contributed by atoms with E-state index in [9.17, 15) is 13.2 Å². The van der Waals surface area contributed by atoms with Crippen molar-refractivity contribution in [2.24, 2.45) is 10.9 Å². The monoisotopic (exact) mass is 273 g/mol. The van der Waals surface area contributed by atoms with Crippen LogP contribution >= 0.6 is 0 Å². The molecule has 1 aromatic carbocycles. The predicted octanol–water partition coefficient (Wildman–Crippen LogP) is 2.40. The molecule has 0 saturated heterocycles. The fraction of sp³-hybridized carbons (Fsp3) is 0.417. The van der Waals surface area contributed by atoms with E-state index >= 15 is 0 Å². The van der Waals surface area contributed by atoms with E-state index < -0.39 is 11.7 Å². The van der Waals surface area contributed by atoms with Crippen LogP contribution in [-0.4, -0.2) is 24.1 Å². The lowest BCUT2D eigenvalue weighted by Crippen LogP contribution is -2.25. The maximum absolute atomic E-state index is 12.7. The Morgan fingerprint density at radius 1 is 1.42 bits per heavy atom. The van der Waals surface area contributed by atoms with Gasteiger partial charge in [-0.2, -0.15) is 13.2 Å². The number of halogens is 3. The molecule has 1 saturated carbocycles. The van der Waals surface area contributed by atoms with Crippen molar-refractivity contribution < 1.29 is 18.4 Å². The van der Waals surface area contributed by atoms with Crippen LogP contribution in [-0.2, 0) is 6.18 Å². The fourth-order valence-electron chi connectivity index (χ4n) is 1.94. The average molecular weight is 273 g/mol. The van der Waals surface area contributed by atoms with E-state index in [1.807, 2.05) is 4.90 Å². The summed E-state index contributed by atoms with van der Waals surface area (Å²) >= 11 is 0. The fourth-order valence-corrected chi connectivity index (χ4v) is 1.94. The smallest absolute Gasteiger partial charge is 0.409 e. The van der Waals surface area contributed by atoms with Crippen LogP contribution < -0.4 is 10.6 Å². The van der Waals surface area contributed by atoms with E-state index in [0.717, 1.165) is 25.0 Å². The second kappa shape index (κ2) is 4.64. The molecule has 104 valence electrons. The number of anilines is 1. The van der Waals surface area contributed by atoms with Gasteiger partial charge in [-0.1, -0.05) is 5.16 Å². The Balaban J connectivity index is 2.48. The molecule has 0 bridgehead atoms. The molecule has 0 spiro atoms. The Hall–Kier alpha value is -1.92. The lowest BCUT2D eigenvalue weighted by atomic mass is 10.1. The SMILES string of the molecule is CN(c1ccc(C(F)(F)F)cc1/C(N)=N/O)C1CC1. The second-order valence-corrected chi connectivity index (χ2v) is 4.56. The van der Waals surface area contributed by atoms with Crippen molar-refractivity contribution in [3.8, 4) is 0 Å². The molecular weight excluding hydrogens is 259 g/mol. The third-order valence-corrected chi connectivity index (χ3v) is 3.18. The number of alkyl halides is 3. The van der Waals surface area contributed by atoms with E-state index in [1.54, 1.807) is 7.05 Å². The summed E-state index contributed by atoms with van der Waals surface area (Å²) in [5.41, 5.74) is 5.28. The number of nitrogens with zero attached hydrogens (tertiary/aromatic N) is 2. The number of benzene rings is 1. The predicted molar refractivity (Wildman–Crippen MR) is 65.4 cm³/mol. The van der Waals surface area contributed by atoms with Gasteiger partial charge in [0.05, 0.1) is 5.56 Å². The third kappa shape index (κ3) is 2.74. The Labute approximate surface area is 108 Å². The van der Waals surface area contributed by atoms with Gasteiger partial charge in [0, 0.05) is 24.3 Å². The third-order valence-electron chi connectivity index (χ3n) is 3.18. The normalized spacial score (nSPS) is 16.5. The number of nitrogens with two attached hydrogens (primary N) is 1. The topological polar surface area (TPSA) is 61.8 Å². The highest BCUT2D eigenvalue weighted by Gasteiger charge is 2.33. The van der Waals surface area contributed by atoms with Crippen LogP contribution in [0.2, 0.25) is 0 Å². The number of hydrogen-bond donors (Lipinski definition) is 2. The molecule has 0 radical (unpaired) electrons. The Kier molecular flexibility index (Phi) is 3.30. The van der Waals surface area contributed by atoms with Crippen LogP contribution in [0.3, 0.4) is 0 Å². The Morgan fingerprint density at radius 2 is 2.05 bits per heavy atom. The first-order valence-electron chi connectivity index (χ1n) is 5.76. The number of oxime groups is 1. The minimum absolute atomic E-state index is 0.0896. The molecule has 19 heavy (non-hydrogen) atoms. The van der Waals surface area contributed by atoms with Crippen LogP contribution in [0, 0.1) is 0 Å². The van der Waals surface area contributed by atoms with Gasteiger partial charge in [0.15, 0.2) is 5.84 Å². The summed E-state index contributed by atoms with van der Waals surface area (Å²) < 4.78 is 38.0. The average Bonchev–Trinajstić information content (AvgIpc) is 3.19. The van der Waals surface area contributed by atoms with Crippen LogP contribution in [0.1, 0.15) is 24.0 Å². The zero-order valence-electron chi connectivity index (χ0n) is 10.3. The van der Waals surface area contributed by atoms with Crippen molar-refractivity contribution in [2.45, 2.75) is 25.1 Å². The van der Waals surface area contributed by atoms with E-state index in [-0.39, 0.29) is 11.4 Å². The van der Waals surface area contributed by atoms with Gasteiger partial charge in [-0.15, -0.1) is 0 Å². The highest BCUT2D eigenvalue weighted by atomic mass is 19.4. The molecule has 1 aliphatic rings. The maximum atomic E-state index is 12.7. The van der Waals surface area contributed by atoms with E-state index in [1.165, 1.54) is 6.07 Å². The minimum Gasteiger partial charge on any atom is -0.409 e. The van der Waals surface area contributed by atoms with Gasteiger partial charge in [0.1, 0.15) is 0 Å². The molecule has 1 aromatic rings. The molecule has 2 rings (SSSR count). The van der Waals surface area contributed by atoms with Gasteiger partial charge in [-0.25, -0.2) is 0 Å². The van der Waals surface area contributed by atoms with E-state index in [2.05, 4.69) is 5.16 Å². The first kappa shape index (κ1) is 13.5. The molecule has 4 nitrogen and oxygen atoms in total. The lowest BCUT2D eigenvalue weighted by Gasteiger charge is -2.22. The van der Waals surface area contributed by atoms with Crippen molar-refractivity contribution in [3.63, 3.8) is 0 Å². The summed E-state index contributed by atoms with van der Waals surface area (Å²) in [7, 11) is 1.79. The number of hydrogen-bond acceptors (Lipinski definition) is 3. The summed E-state index contributed by atoms with van der Waals surface area (Å²) in [6.45, 7) is 0. The Morgan fingerprint density at radius 3 is 2.53 bits per heavy atom. The van der Waals surface area contributed by atoms with Crippen molar-refractivity contribution in [1.29, 1.82) is 0 Å². The molecule has 0 aromatic heterocycles. The zero-order chi connectivity index (χ0) is 14.2. The van der Waals surface area contributed by atoms with Crippen LogP contribution in [0.5, 0.6) is 0 Å². The molecule has 1 aliphatic carbocycles. The number of amidine groups is 1. The van der Waals surface area contributed by atoms with Crippen molar-refractivity contribution in [2.75, 3.05) is 11.9 Å². The van der Waals surface area contributed by atoms with Gasteiger partial charge < -0.3 is 15.8 Å². The van der Waals surface area contributed by atoms with Gasteiger partial charge in [0.2, 0.25) is 0 Å². The van der Waals surface area contributed by atoms with Gasteiger partial charge in [0.25, 0.3) is 0 Å².